The van der Waals surface area contributed by atoms with Gasteiger partial charge in [0.15, 0.2) is 5.75 Å². The molecule has 3 N–H and O–H groups in total. The van der Waals surface area contributed by atoms with E-state index in [1.807, 2.05) is 5.32 Å². The van der Waals surface area contributed by atoms with Gasteiger partial charge in [-0.3, -0.25) is 4.99 Å². The fourth-order valence-corrected chi connectivity index (χ4v) is 1.19. The Kier molecular flexibility index (Phi) is 5.52. The van der Waals surface area contributed by atoms with Crippen molar-refractivity contribution >= 4 is 5.84 Å². The van der Waals surface area contributed by atoms with Crippen LogP contribution in [0, 0.1) is 0 Å². The Balaban J connectivity index is 0.000000220. The molecule has 1 unspecified atom stereocenters. The molecule has 0 saturated carbocycles. The molecular weight excluding hydrogens is 322 g/mol. The molecule has 124 valence electrons. The quantitative estimate of drug-likeness (QED) is 0.619. The highest BCUT2D eigenvalue weighted by Crippen LogP contribution is 2.25. The number of aliphatic imine (C=N–C) groups is 1. The molecule has 1 aromatic heterocycles. The first-order valence-corrected chi connectivity index (χ1v) is 5.62. The van der Waals surface area contributed by atoms with Gasteiger partial charge in [-0.25, -0.2) is 9.97 Å². The number of hydrogen-bond acceptors (Lipinski definition) is 6. The van der Waals surface area contributed by atoms with Crippen LogP contribution in [0.5, 0.6) is 5.75 Å². The highest BCUT2D eigenvalue weighted by Gasteiger charge is 2.37. The van der Waals surface area contributed by atoms with Crippen molar-refractivity contribution in [3.05, 3.63) is 18.2 Å². The Morgan fingerprint density at radius 2 is 1.59 bits per heavy atom. The van der Waals surface area contributed by atoms with Crippen molar-refractivity contribution in [2.45, 2.75) is 18.5 Å². The number of alkyl halides is 6. The molecule has 12 heteroatoms. The molecule has 0 bridgehead atoms. The molecule has 1 atom stereocenters. The Morgan fingerprint density at radius 3 is 1.95 bits per heavy atom. The zero-order chi connectivity index (χ0) is 17.0. The van der Waals surface area contributed by atoms with Gasteiger partial charge in [0.2, 0.25) is 11.7 Å². The number of amidine groups is 1. The molecule has 0 spiro atoms. The smallest absolute Gasteiger partial charge is 0.451 e. The Bertz CT molecular complexity index is 514. The van der Waals surface area contributed by atoms with Crippen LogP contribution >= 0.6 is 0 Å². The van der Waals surface area contributed by atoms with Gasteiger partial charge < -0.3 is 15.5 Å². The van der Waals surface area contributed by atoms with Crippen LogP contribution in [0.15, 0.2) is 17.4 Å². The predicted molar refractivity (Wildman–Crippen MR) is 61.1 cm³/mol. The van der Waals surface area contributed by atoms with Crippen LogP contribution in [0.1, 0.15) is 5.82 Å². The van der Waals surface area contributed by atoms with E-state index in [1.165, 1.54) is 0 Å². The minimum absolute atomic E-state index is 0.0850. The average Bonchev–Trinajstić information content (AvgIpc) is 2.38. The first kappa shape index (κ1) is 17.9. The summed E-state index contributed by atoms with van der Waals surface area (Å²) in [6.45, 7) is -0.264. The van der Waals surface area contributed by atoms with E-state index >= 15 is 0 Å². The van der Waals surface area contributed by atoms with Crippen molar-refractivity contribution < 1.29 is 36.6 Å². The zero-order valence-electron chi connectivity index (χ0n) is 10.7. The van der Waals surface area contributed by atoms with Crippen molar-refractivity contribution in [3.63, 3.8) is 0 Å². The van der Waals surface area contributed by atoms with Crippen molar-refractivity contribution in [1.82, 2.24) is 15.3 Å². The number of aliphatic hydroxyl groups is 1. The molecule has 1 aliphatic heterocycles. The van der Waals surface area contributed by atoms with Crippen LogP contribution in [0.25, 0.3) is 0 Å². The molecule has 0 saturated heterocycles. The Labute approximate surface area is 119 Å². The summed E-state index contributed by atoms with van der Waals surface area (Å²) >= 11 is 0. The van der Waals surface area contributed by atoms with Gasteiger partial charge in [0.25, 0.3) is 0 Å². The summed E-state index contributed by atoms with van der Waals surface area (Å²) in [6, 6.07) is 0. The van der Waals surface area contributed by atoms with Gasteiger partial charge in [-0.05, 0) is 0 Å². The zero-order valence-corrected chi connectivity index (χ0v) is 10.7. The number of nitrogens with one attached hydrogen (secondary N) is 1. The fourth-order valence-electron chi connectivity index (χ4n) is 1.19. The Hall–Kier alpha value is -2.11. The van der Waals surface area contributed by atoms with E-state index in [9.17, 15) is 26.3 Å². The number of nitrogens with zero attached hydrogens (tertiary/aromatic N) is 3. The Morgan fingerprint density at radius 1 is 1.05 bits per heavy atom. The summed E-state index contributed by atoms with van der Waals surface area (Å²) in [5.74, 6) is -2.64. The highest BCUT2D eigenvalue weighted by molar-refractivity contribution is 5.88. The van der Waals surface area contributed by atoms with Crippen molar-refractivity contribution in [2.24, 2.45) is 4.99 Å². The second kappa shape index (κ2) is 6.77. The van der Waals surface area contributed by atoms with Gasteiger partial charge in [0.1, 0.15) is 0 Å². The highest BCUT2D eigenvalue weighted by atomic mass is 19.4. The van der Waals surface area contributed by atoms with E-state index in [1.54, 1.807) is 0 Å². The van der Waals surface area contributed by atoms with Gasteiger partial charge >= 0.3 is 12.4 Å². The maximum Gasteiger partial charge on any atom is 0.451 e. The fraction of sp³-hybridized carbons (Fsp3) is 0.500. The molecule has 1 aromatic rings. The minimum Gasteiger partial charge on any atom is -0.505 e. The number of rotatable bonds is 0. The molecule has 0 amide bonds. The molecular formula is C10H10F6N4O2. The van der Waals surface area contributed by atoms with E-state index < -0.39 is 35.9 Å². The molecule has 0 fully saturated rings. The summed E-state index contributed by atoms with van der Waals surface area (Å²) in [4.78, 5) is 8.84. The summed E-state index contributed by atoms with van der Waals surface area (Å²) in [5.41, 5.74) is 0. The number of hydrogen-bond donors (Lipinski definition) is 3. The number of β-amino-alcohol motifs (C(OH)–C–C–N with tert-alkyl or cyclic N) is 1. The van der Waals surface area contributed by atoms with Crippen LogP contribution in [0.4, 0.5) is 26.3 Å². The summed E-state index contributed by atoms with van der Waals surface area (Å²) in [7, 11) is 0. The van der Waals surface area contributed by atoms with E-state index in [0.717, 1.165) is 0 Å². The van der Waals surface area contributed by atoms with E-state index in [-0.39, 0.29) is 13.1 Å². The normalized spacial score (nSPS) is 18.7. The second-order valence-electron chi connectivity index (χ2n) is 3.98. The van der Waals surface area contributed by atoms with Gasteiger partial charge in [0, 0.05) is 6.54 Å². The van der Waals surface area contributed by atoms with Gasteiger partial charge in [-0.2, -0.15) is 26.3 Å². The summed E-state index contributed by atoms with van der Waals surface area (Å²) < 4.78 is 70.5. The lowest BCUT2D eigenvalue weighted by atomic mass is 10.3. The molecule has 1 aliphatic rings. The average molecular weight is 332 g/mol. The van der Waals surface area contributed by atoms with Gasteiger partial charge in [-0.15, -0.1) is 0 Å². The minimum atomic E-state index is -4.55. The molecule has 0 aliphatic carbocycles. The third-order valence-electron chi connectivity index (χ3n) is 2.13. The third kappa shape index (κ3) is 5.71. The third-order valence-corrected chi connectivity index (χ3v) is 2.13. The lowest BCUT2D eigenvalue weighted by Gasteiger charge is -2.20. The molecule has 6 nitrogen and oxygen atoms in total. The molecule has 22 heavy (non-hydrogen) atoms. The number of aliphatic hydroxyl groups excluding tert-OH is 1. The standard InChI is InChI=1S/C5H7F3N2O.C5H3F3N2O/c2*6-5(7,8)4-9-1-3(11)2-10-4/h3,11H,1-2H2,(H,9,10);1-2,11H. The van der Waals surface area contributed by atoms with Crippen LogP contribution in [0.3, 0.4) is 0 Å². The summed E-state index contributed by atoms with van der Waals surface area (Å²) in [5, 5.41) is 19.3. The topological polar surface area (TPSA) is 90.6 Å². The molecule has 0 aromatic carbocycles. The lowest BCUT2D eigenvalue weighted by molar-refractivity contribution is -0.145. The van der Waals surface area contributed by atoms with Crippen LogP contribution < -0.4 is 5.32 Å². The molecule has 2 rings (SSSR count). The van der Waals surface area contributed by atoms with E-state index in [2.05, 4.69) is 15.0 Å². The van der Waals surface area contributed by atoms with Gasteiger partial charge in [0.05, 0.1) is 25.0 Å². The van der Waals surface area contributed by atoms with Crippen LogP contribution in [0.2, 0.25) is 0 Å². The predicted octanol–water partition coefficient (Wildman–Crippen LogP) is 1.11. The number of halogens is 6. The molecule has 0 radical (unpaired) electrons. The van der Waals surface area contributed by atoms with E-state index in [0.29, 0.717) is 12.4 Å². The lowest BCUT2D eigenvalue weighted by Crippen LogP contribution is -2.45. The first-order valence-electron chi connectivity index (χ1n) is 5.62. The monoisotopic (exact) mass is 332 g/mol. The van der Waals surface area contributed by atoms with Gasteiger partial charge in [-0.1, -0.05) is 0 Å². The number of aromatic nitrogens is 2. The van der Waals surface area contributed by atoms with Crippen molar-refractivity contribution in [3.8, 4) is 5.75 Å². The van der Waals surface area contributed by atoms with E-state index in [4.69, 9.17) is 10.2 Å². The number of aromatic hydroxyl groups is 1. The van der Waals surface area contributed by atoms with Crippen molar-refractivity contribution in [1.29, 1.82) is 0 Å². The maximum atomic E-state index is 11.8. The maximum absolute atomic E-state index is 11.8. The second-order valence-corrected chi connectivity index (χ2v) is 3.98. The SMILES string of the molecule is OC1CN=C(C(F)(F)F)NC1.Oc1cnc(C(F)(F)F)nc1. The van der Waals surface area contributed by atoms with Crippen molar-refractivity contribution in [2.75, 3.05) is 13.1 Å². The summed E-state index contributed by atoms with van der Waals surface area (Å²) in [6.07, 6.45) is -8.39. The molecule has 2 heterocycles. The largest absolute Gasteiger partial charge is 0.505 e. The van der Waals surface area contributed by atoms with Crippen LogP contribution in [-0.4, -0.2) is 51.4 Å². The first-order chi connectivity index (χ1) is 10.00. The van der Waals surface area contributed by atoms with Crippen LogP contribution in [-0.2, 0) is 6.18 Å².